The summed E-state index contributed by atoms with van der Waals surface area (Å²) in [4.78, 5) is 4.58. The van der Waals surface area contributed by atoms with Crippen LogP contribution in [0.1, 0.15) is 17.7 Å². The van der Waals surface area contributed by atoms with E-state index in [0.717, 1.165) is 41.4 Å². The highest BCUT2D eigenvalue weighted by Gasteiger charge is 2.10. The van der Waals surface area contributed by atoms with Gasteiger partial charge in [-0.2, -0.15) is 9.61 Å². The summed E-state index contributed by atoms with van der Waals surface area (Å²) in [6.07, 6.45) is 0.925. The van der Waals surface area contributed by atoms with Crippen molar-refractivity contribution in [2.24, 2.45) is 5.73 Å². The monoisotopic (exact) mass is 295 g/mol. The molecule has 0 saturated heterocycles. The first-order valence-electron chi connectivity index (χ1n) is 7.56. The maximum absolute atomic E-state index is 5.56. The average molecular weight is 295 g/mol. The molecule has 0 amide bonds. The van der Waals surface area contributed by atoms with E-state index in [4.69, 9.17) is 10.8 Å². The lowest BCUT2D eigenvalue weighted by molar-refractivity contribution is 0.851. The van der Waals surface area contributed by atoms with Crippen molar-refractivity contribution in [3.63, 3.8) is 0 Å². The van der Waals surface area contributed by atoms with E-state index in [2.05, 4.69) is 29.4 Å². The molecule has 0 aliphatic rings. The normalized spacial score (nSPS) is 11.0. The molecule has 114 valence electrons. The Morgan fingerprint density at radius 3 is 2.77 bits per heavy atom. The van der Waals surface area contributed by atoms with Gasteiger partial charge in [-0.25, -0.2) is 4.98 Å². The van der Waals surface area contributed by atoms with Crippen LogP contribution in [0.4, 0.5) is 5.82 Å². The zero-order chi connectivity index (χ0) is 15.5. The Morgan fingerprint density at radius 2 is 2.00 bits per heavy atom. The maximum atomic E-state index is 5.56. The van der Waals surface area contributed by atoms with Gasteiger partial charge in [0.2, 0.25) is 0 Å². The number of nitrogens with one attached hydrogen (secondary N) is 1. The van der Waals surface area contributed by atoms with Gasteiger partial charge in [0, 0.05) is 29.9 Å². The molecule has 0 aliphatic heterocycles. The van der Waals surface area contributed by atoms with Crippen LogP contribution in [0.3, 0.4) is 0 Å². The minimum Gasteiger partial charge on any atom is -0.370 e. The molecule has 3 N–H and O–H groups in total. The lowest BCUT2D eigenvalue weighted by Crippen LogP contribution is -2.11. The summed E-state index contributed by atoms with van der Waals surface area (Å²) in [5.41, 5.74) is 10.7. The second-order valence-electron chi connectivity index (χ2n) is 5.47. The third-order valence-electron chi connectivity index (χ3n) is 3.66. The number of aromatic nitrogens is 3. The van der Waals surface area contributed by atoms with Gasteiger partial charge in [0.15, 0.2) is 5.65 Å². The molecule has 22 heavy (non-hydrogen) atoms. The number of rotatable bonds is 5. The number of hydrogen-bond donors (Lipinski definition) is 2. The predicted octanol–water partition coefficient (Wildman–Crippen LogP) is 2.77. The second kappa shape index (κ2) is 6.15. The van der Waals surface area contributed by atoms with E-state index in [1.54, 1.807) is 0 Å². The fourth-order valence-corrected chi connectivity index (χ4v) is 2.54. The summed E-state index contributed by atoms with van der Waals surface area (Å²) in [6.45, 7) is 5.59. The van der Waals surface area contributed by atoms with Crippen molar-refractivity contribution in [2.45, 2.75) is 20.3 Å². The van der Waals surface area contributed by atoms with Crippen molar-refractivity contribution in [1.82, 2.24) is 14.6 Å². The van der Waals surface area contributed by atoms with E-state index in [1.807, 2.05) is 35.7 Å². The molecule has 3 rings (SSSR count). The summed E-state index contributed by atoms with van der Waals surface area (Å²) < 4.78 is 1.87. The zero-order valence-corrected chi connectivity index (χ0v) is 13.0. The van der Waals surface area contributed by atoms with Gasteiger partial charge < -0.3 is 11.1 Å². The summed E-state index contributed by atoms with van der Waals surface area (Å²) in [5.74, 6) is 0.954. The third kappa shape index (κ3) is 2.80. The van der Waals surface area contributed by atoms with E-state index in [-0.39, 0.29) is 0 Å². The summed E-state index contributed by atoms with van der Waals surface area (Å²) in [6, 6.07) is 12.3. The molecule has 2 aromatic heterocycles. The smallest absolute Gasteiger partial charge is 0.158 e. The highest BCUT2D eigenvalue weighted by atomic mass is 15.3. The van der Waals surface area contributed by atoms with Crippen molar-refractivity contribution < 1.29 is 0 Å². The Morgan fingerprint density at radius 1 is 1.18 bits per heavy atom. The molecule has 5 heteroatoms. The molecule has 0 spiro atoms. The highest BCUT2D eigenvalue weighted by molar-refractivity contribution is 5.68. The van der Waals surface area contributed by atoms with E-state index in [0.29, 0.717) is 6.54 Å². The molecule has 0 saturated carbocycles. The van der Waals surface area contributed by atoms with Crippen LogP contribution in [-0.2, 0) is 0 Å². The summed E-state index contributed by atoms with van der Waals surface area (Å²) in [7, 11) is 0. The van der Waals surface area contributed by atoms with Crippen LogP contribution in [0, 0.1) is 13.8 Å². The number of aryl methyl sites for hydroxylation is 2. The van der Waals surface area contributed by atoms with Crippen LogP contribution in [0.15, 0.2) is 36.4 Å². The maximum Gasteiger partial charge on any atom is 0.158 e. The van der Waals surface area contributed by atoms with Gasteiger partial charge in [0.1, 0.15) is 5.82 Å². The molecule has 3 aromatic rings. The zero-order valence-electron chi connectivity index (χ0n) is 13.0. The topological polar surface area (TPSA) is 68.2 Å². The Hall–Kier alpha value is -2.40. The number of benzene rings is 1. The molecular formula is C17H21N5. The largest absolute Gasteiger partial charge is 0.370 e. The fourth-order valence-electron chi connectivity index (χ4n) is 2.54. The number of hydrogen-bond acceptors (Lipinski definition) is 4. The first-order valence-corrected chi connectivity index (χ1v) is 7.56. The fraction of sp³-hybridized carbons (Fsp3) is 0.294. The average Bonchev–Trinajstić information content (AvgIpc) is 2.91. The van der Waals surface area contributed by atoms with Crippen LogP contribution in [0.5, 0.6) is 0 Å². The van der Waals surface area contributed by atoms with Crippen LogP contribution < -0.4 is 11.1 Å². The minimum atomic E-state index is 0.674. The van der Waals surface area contributed by atoms with Gasteiger partial charge in [-0.1, -0.05) is 24.3 Å². The second-order valence-corrected chi connectivity index (χ2v) is 5.47. The van der Waals surface area contributed by atoms with Gasteiger partial charge in [-0.05, 0) is 32.4 Å². The molecular weight excluding hydrogens is 274 g/mol. The van der Waals surface area contributed by atoms with Gasteiger partial charge in [0.25, 0.3) is 0 Å². The molecule has 0 bridgehead atoms. The van der Waals surface area contributed by atoms with Crippen LogP contribution in [-0.4, -0.2) is 27.7 Å². The van der Waals surface area contributed by atoms with Crippen molar-refractivity contribution >= 4 is 11.5 Å². The molecule has 0 radical (unpaired) electrons. The predicted molar refractivity (Wildman–Crippen MR) is 90.1 cm³/mol. The molecule has 5 nitrogen and oxygen atoms in total. The van der Waals surface area contributed by atoms with E-state index in [9.17, 15) is 0 Å². The Bertz CT molecular complexity index is 791. The minimum absolute atomic E-state index is 0.674. The highest BCUT2D eigenvalue weighted by Crippen LogP contribution is 2.24. The molecule has 0 unspecified atom stereocenters. The summed E-state index contributed by atoms with van der Waals surface area (Å²) >= 11 is 0. The van der Waals surface area contributed by atoms with Crippen molar-refractivity contribution in [3.05, 3.63) is 47.7 Å². The molecule has 0 aliphatic carbocycles. The van der Waals surface area contributed by atoms with E-state index in [1.165, 1.54) is 5.56 Å². The number of nitrogens with two attached hydrogens (primary N) is 1. The van der Waals surface area contributed by atoms with Gasteiger partial charge in [0.05, 0.1) is 5.69 Å². The van der Waals surface area contributed by atoms with Crippen LogP contribution in [0.2, 0.25) is 0 Å². The van der Waals surface area contributed by atoms with Crippen LogP contribution >= 0.6 is 0 Å². The number of fused-ring (bicyclic) bond motifs is 1. The Labute approximate surface area is 130 Å². The number of nitrogens with zero attached hydrogens (tertiary/aromatic N) is 3. The first-order chi connectivity index (χ1) is 10.7. The van der Waals surface area contributed by atoms with Crippen molar-refractivity contribution in [2.75, 3.05) is 18.4 Å². The third-order valence-corrected chi connectivity index (χ3v) is 3.66. The Kier molecular flexibility index (Phi) is 4.06. The lowest BCUT2D eigenvalue weighted by Gasteiger charge is -2.08. The van der Waals surface area contributed by atoms with Gasteiger partial charge in [-0.15, -0.1) is 0 Å². The van der Waals surface area contributed by atoms with E-state index >= 15 is 0 Å². The van der Waals surface area contributed by atoms with Crippen LogP contribution in [0.25, 0.3) is 16.9 Å². The Balaban J connectivity index is 2.05. The quantitative estimate of drug-likeness (QED) is 0.710. The van der Waals surface area contributed by atoms with Gasteiger partial charge in [-0.3, -0.25) is 0 Å². The van der Waals surface area contributed by atoms with Crippen molar-refractivity contribution in [3.8, 4) is 11.3 Å². The first kappa shape index (κ1) is 14.5. The number of anilines is 1. The SMILES string of the molecule is Cc1cc(NCCCN)n2nc(-c3ccccc3C)cc2n1. The molecule has 1 aromatic carbocycles. The van der Waals surface area contributed by atoms with Gasteiger partial charge >= 0.3 is 0 Å². The van der Waals surface area contributed by atoms with Crippen molar-refractivity contribution in [1.29, 1.82) is 0 Å². The summed E-state index contributed by atoms with van der Waals surface area (Å²) in [5, 5.41) is 8.11. The molecule has 0 atom stereocenters. The lowest BCUT2D eigenvalue weighted by atomic mass is 10.1. The molecule has 2 heterocycles. The van der Waals surface area contributed by atoms with E-state index < -0.39 is 0 Å². The molecule has 0 fully saturated rings. The standard InChI is InChI=1S/C17H21N5/c1-12-6-3-4-7-14(12)15-11-17-20-13(2)10-16(22(17)21-15)19-9-5-8-18/h3-4,6-7,10-11,19H,5,8-9,18H2,1-2H3.